The molecule has 5 rings (SSSR count). The van der Waals surface area contributed by atoms with E-state index in [0.29, 0.717) is 31.6 Å². The van der Waals surface area contributed by atoms with Crippen LogP contribution in [-0.2, 0) is 0 Å². The van der Waals surface area contributed by atoms with Gasteiger partial charge in [-0.1, -0.05) is 52.7 Å². The standard InChI is InChI=1S/C22H13Cl2N5OS/c23-13-4-3-5-14(24)19(13)28-22-29-21(30)18(31-22)11-12-7-8-15-17(10-12)27-20(26-15)16-6-1-2-9-25-16/h1-11,30H,(H,28,29). The van der Waals surface area contributed by atoms with Crippen molar-refractivity contribution in [3.05, 3.63) is 92.0 Å². The Bertz CT molecular complexity index is 1430. The van der Waals surface area contributed by atoms with E-state index in [0.717, 1.165) is 22.0 Å². The summed E-state index contributed by atoms with van der Waals surface area (Å²) in [4.78, 5) is 18.2. The Morgan fingerprint density at radius 3 is 2.58 bits per heavy atom. The van der Waals surface area contributed by atoms with Crippen molar-refractivity contribution in [3.63, 3.8) is 0 Å². The van der Waals surface area contributed by atoms with Gasteiger partial charge in [0.2, 0.25) is 5.88 Å². The molecule has 6 nitrogen and oxygen atoms in total. The number of hydrogen-bond acceptors (Lipinski definition) is 7. The van der Waals surface area contributed by atoms with Crippen LogP contribution in [0.5, 0.6) is 5.88 Å². The average Bonchev–Trinajstić information content (AvgIpc) is 3.34. The Kier molecular flexibility index (Phi) is 5.15. The molecule has 31 heavy (non-hydrogen) atoms. The third-order valence-electron chi connectivity index (χ3n) is 4.47. The highest BCUT2D eigenvalue weighted by Gasteiger charge is 2.13. The molecule has 0 aliphatic carbocycles. The number of nitrogens with one attached hydrogen (secondary N) is 1. The summed E-state index contributed by atoms with van der Waals surface area (Å²) in [7, 11) is 0. The molecule has 0 saturated heterocycles. The fourth-order valence-electron chi connectivity index (χ4n) is 3.02. The minimum atomic E-state index is -0.0847. The second-order valence-corrected chi connectivity index (χ2v) is 8.43. The van der Waals surface area contributed by atoms with Crippen molar-refractivity contribution in [1.29, 1.82) is 0 Å². The van der Waals surface area contributed by atoms with Crippen LogP contribution in [0.2, 0.25) is 10.0 Å². The summed E-state index contributed by atoms with van der Waals surface area (Å²) >= 11 is 13.7. The first-order valence-corrected chi connectivity index (χ1v) is 10.8. The van der Waals surface area contributed by atoms with Gasteiger partial charge in [-0.15, -0.1) is 0 Å². The second kappa shape index (κ2) is 8.11. The summed E-state index contributed by atoms with van der Waals surface area (Å²) in [6.07, 6.45) is 3.55. The lowest BCUT2D eigenvalue weighted by Gasteiger charge is -2.06. The molecule has 2 aromatic heterocycles. The maximum absolute atomic E-state index is 10.3. The maximum atomic E-state index is 10.3. The van der Waals surface area contributed by atoms with Crippen LogP contribution in [0.3, 0.4) is 0 Å². The van der Waals surface area contributed by atoms with Crippen molar-refractivity contribution in [2.75, 3.05) is 5.32 Å². The predicted octanol–water partition coefficient (Wildman–Crippen LogP) is 4.83. The van der Waals surface area contributed by atoms with Gasteiger partial charge in [-0.05, 0) is 47.7 Å². The van der Waals surface area contributed by atoms with E-state index in [9.17, 15) is 5.11 Å². The van der Waals surface area contributed by atoms with Gasteiger partial charge in [-0.2, -0.15) is 4.98 Å². The highest BCUT2D eigenvalue weighted by Crippen LogP contribution is 2.36. The molecule has 1 aliphatic heterocycles. The topological polar surface area (TPSA) is 82.8 Å². The van der Waals surface area contributed by atoms with Crippen LogP contribution in [0, 0.1) is 0 Å². The predicted molar refractivity (Wildman–Crippen MR) is 125 cm³/mol. The Balaban J connectivity index is 1.46. The molecular weight excluding hydrogens is 453 g/mol. The number of hydrogen-bond donors (Lipinski definition) is 2. The van der Waals surface area contributed by atoms with Crippen molar-refractivity contribution < 1.29 is 5.11 Å². The van der Waals surface area contributed by atoms with E-state index in [2.05, 4.69) is 25.3 Å². The number of para-hydroxylation sites is 1. The number of aliphatic imine (C=N–C) groups is 1. The zero-order chi connectivity index (χ0) is 21.4. The fraction of sp³-hybridized carbons (Fsp3) is 0. The zero-order valence-electron chi connectivity index (χ0n) is 15.8. The number of pyridine rings is 1. The van der Waals surface area contributed by atoms with E-state index in [1.807, 2.05) is 42.5 Å². The largest absolute Gasteiger partial charge is 0.492 e. The summed E-state index contributed by atoms with van der Waals surface area (Å²) in [6, 6.07) is 16.5. The number of aromatic nitrogens is 2. The number of halogens is 2. The van der Waals surface area contributed by atoms with Crippen molar-refractivity contribution in [2.24, 2.45) is 9.98 Å². The summed E-state index contributed by atoms with van der Waals surface area (Å²) in [5, 5.41) is 16.4. The van der Waals surface area contributed by atoms with Crippen LogP contribution < -0.4 is 15.9 Å². The summed E-state index contributed by atoms with van der Waals surface area (Å²) in [5.41, 5.74) is 2.01. The van der Waals surface area contributed by atoms with Crippen LogP contribution in [0.1, 0.15) is 10.6 Å². The van der Waals surface area contributed by atoms with E-state index in [-0.39, 0.29) is 5.88 Å². The number of benzene rings is 2. The fourth-order valence-corrected chi connectivity index (χ4v) is 4.34. The van der Waals surface area contributed by atoms with Crippen LogP contribution in [0.25, 0.3) is 6.08 Å². The molecule has 3 heterocycles. The molecule has 1 aliphatic rings. The number of aromatic hydroxyl groups is 1. The lowest BCUT2D eigenvalue weighted by atomic mass is 10.2. The lowest BCUT2D eigenvalue weighted by Crippen LogP contribution is -2.07. The average molecular weight is 466 g/mol. The Hall–Kier alpha value is -3.26. The third-order valence-corrected chi connectivity index (χ3v) is 6.01. The van der Waals surface area contributed by atoms with Gasteiger partial charge in [-0.3, -0.25) is 4.98 Å². The molecule has 0 amide bonds. The second-order valence-electron chi connectivity index (χ2n) is 6.58. The van der Waals surface area contributed by atoms with Crippen molar-refractivity contribution in [3.8, 4) is 5.88 Å². The molecule has 0 unspecified atom stereocenters. The molecule has 0 saturated carbocycles. The van der Waals surface area contributed by atoms with Gasteiger partial charge in [0.05, 0.1) is 31.7 Å². The van der Waals surface area contributed by atoms with Gasteiger partial charge in [0.1, 0.15) is 5.69 Å². The first-order chi connectivity index (χ1) is 15.1. The Labute approximate surface area is 190 Å². The van der Waals surface area contributed by atoms with Crippen molar-refractivity contribution in [2.45, 2.75) is 0 Å². The molecule has 2 N–H and O–H groups in total. The molecule has 9 heteroatoms. The number of thiazole rings is 1. The van der Waals surface area contributed by atoms with Crippen LogP contribution in [0.4, 0.5) is 16.5 Å². The molecule has 2 aromatic carbocycles. The van der Waals surface area contributed by atoms with E-state index >= 15 is 0 Å². The Morgan fingerprint density at radius 1 is 0.968 bits per heavy atom. The van der Waals surface area contributed by atoms with Gasteiger partial charge in [0.15, 0.2) is 11.0 Å². The number of anilines is 2. The van der Waals surface area contributed by atoms with Gasteiger partial charge in [-0.25, -0.2) is 9.98 Å². The first-order valence-electron chi connectivity index (χ1n) is 9.18. The number of amidine groups is 1. The van der Waals surface area contributed by atoms with Gasteiger partial charge >= 0.3 is 0 Å². The SMILES string of the molecule is Oc1nc(Nc2c(Cl)cccc2Cl)sc1C=c1ccc2c(c1)N=C(c1ccccn1)N=2. The lowest BCUT2D eigenvalue weighted by molar-refractivity contribution is 0.457. The molecule has 4 aromatic rings. The normalized spacial score (nSPS) is 13.0. The van der Waals surface area contributed by atoms with Crippen LogP contribution in [-0.4, -0.2) is 20.9 Å². The molecule has 0 atom stereocenters. The van der Waals surface area contributed by atoms with Crippen molar-refractivity contribution >= 4 is 63.0 Å². The quantitative estimate of drug-likeness (QED) is 0.451. The first kappa shape index (κ1) is 19.7. The highest BCUT2D eigenvalue weighted by atomic mass is 35.5. The molecule has 0 radical (unpaired) electrons. The monoisotopic (exact) mass is 465 g/mol. The van der Waals surface area contributed by atoms with E-state index in [4.69, 9.17) is 23.2 Å². The van der Waals surface area contributed by atoms with Crippen LogP contribution >= 0.6 is 34.5 Å². The molecular formula is C22H13Cl2N5OS. The molecule has 152 valence electrons. The highest BCUT2D eigenvalue weighted by molar-refractivity contribution is 7.16. The van der Waals surface area contributed by atoms with E-state index < -0.39 is 0 Å². The smallest absolute Gasteiger partial charge is 0.231 e. The van der Waals surface area contributed by atoms with E-state index in [1.165, 1.54) is 11.3 Å². The summed E-state index contributed by atoms with van der Waals surface area (Å²) in [6.45, 7) is 0. The van der Waals surface area contributed by atoms with Crippen molar-refractivity contribution in [1.82, 2.24) is 9.97 Å². The zero-order valence-corrected chi connectivity index (χ0v) is 18.1. The molecule has 0 bridgehead atoms. The number of fused-ring (bicyclic) bond motifs is 1. The maximum Gasteiger partial charge on any atom is 0.231 e. The van der Waals surface area contributed by atoms with Gasteiger partial charge in [0.25, 0.3) is 0 Å². The van der Waals surface area contributed by atoms with E-state index in [1.54, 1.807) is 24.4 Å². The molecule has 0 fully saturated rings. The number of rotatable bonds is 4. The van der Waals surface area contributed by atoms with Gasteiger partial charge in [0, 0.05) is 6.20 Å². The van der Waals surface area contributed by atoms with Gasteiger partial charge < -0.3 is 10.4 Å². The Morgan fingerprint density at radius 2 is 1.81 bits per heavy atom. The summed E-state index contributed by atoms with van der Waals surface area (Å²) in [5.74, 6) is 0.495. The molecule has 0 spiro atoms. The third kappa shape index (κ3) is 4.03. The summed E-state index contributed by atoms with van der Waals surface area (Å²) < 4.78 is 0. The number of nitrogens with zero attached hydrogens (tertiary/aromatic N) is 4. The minimum absolute atomic E-state index is 0.0847. The van der Waals surface area contributed by atoms with Crippen LogP contribution in [0.15, 0.2) is 70.8 Å². The minimum Gasteiger partial charge on any atom is -0.492 e.